The number of rotatable bonds is 6. The number of hydrogen-bond acceptors (Lipinski definition) is 4. The Labute approximate surface area is 147 Å². The molecule has 2 aromatic rings. The molecule has 1 saturated heterocycles. The van der Waals surface area contributed by atoms with Crippen LogP contribution in [-0.4, -0.2) is 43.5 Å². The first kappa shape index (κ1) is 17.4. The third-order valence-corrected chi connectivity index (χ3v) is 3.98. The van der Waals surface area contributed by atoms with E-state index in [-0.39, 0.29) is 12.1 Å². The van der Waals surface area contributed by atoms with Gasteiger partial charge in [0.05, 0.1) is 25.9 Å². The van der Waals surface area contributed by atoms with Crippen LogP contribution in [0, 0.1) is 0 Å². The van der Waals surface area contributed by atoms with Crippen molar-refractivity contribution in [3.05, 3.63) is 59.9 Å². The van der Waals surface area contributed by atoms with Gasteiger partial charge in [-0.25, -0.2) is 4.79 Å². The lowest BCUT2D eigenvalue weighted by Gasteiger charge is -2.23. The van der Waals surface area contributed by atoms with E-state index in [0.29, 0.717) is 26.4 Å². The number of urea groups is 1. The molecule has 2 heterocycles. The van der Waals surface area contributed by atoms with Crippen LogP contribution in [0.15, 0.2) is 48.7 Å². The monoisotopic (exact) mass is 341 g/mol. The molecule has 1 aromatic heterocycles. The van der Waals surface area contributed by atoms with E-state index in [1.165, 1.54) is 5.56 Å². The Bertz CT molecular complexity index is 655. The fourth-order valence-electron chi connectivity index (χ4n) is 2.61. The lowest BCUT2D eigenvalue weighted by molar-refractivity contribution is -0.0852. The average Bonchev–Trinajstić information content (AvgIpc) is 2.67. The Morgan fingerprint density at radius 3 is 2.72 bits per heavy atom. The fourth-order valence-corrected chi connectivity index (χ4v) is 2.61. The van der Waals surface area contributed by atoms with E-state index < -0.39 is 0 Å². The van der Waals surface area contributed by atoms with Crippen LogP contribution in [0.1, 0.15) is 11.3 Å². The topological polar surface area (TPSA) is 72.5 Å². The summed E-state index contributed by atoms with van der Waals surface area (Å²) in [4.78, 5) is 16.2. The SMILES string of the molecule is O=C(NCC1COCCO1)Nc1ccc(CCc2ccccn2)cc1. The van der Waals surface area contributed by atoms with Gasteiger partial charge in [-0.15, -0.1) is 0 Å². The summed E-state index contributed by atoms with van der Waals surface area (Å²) in [5.41, 5.74) is 3.06. The molecule has 0 spiro atoms. The highest BCUT2D eigenvalue weighted by Gasteiger charge is 2.15. The number of benzene rings is 1. The van der Waals surface area contributed by atoms with E-state index in [1.54, 1.807) is 0 Å². The van der Waals surface area contributed by atoms with Crippen molar-refractivity contribution in [1.82, 2.24) is 10.3 Å². The third kappa shape index (κ3) is 5.85. The molecular formula is C19H23N3O3. The number of carbonyl (C=O) groups is 1. The van der Waals surface area contributed by atoms with Crippen LogP contribution in [0.5, 0.6) is 0 Å². The van der Waals surface area contributed by atoms with E-state index in [2.05, 4.69) is 15.6 Å². The predicted molar refractivity (Wildman–Crippen MR) is 95.7 cm³/mol. The van der Waals surface area contributed by atoms with E-state index in [0.717, 1.165) is 24.2 Å². The van der Waals surface area contributed by atoms with E-state index in [9.17, 15) is 4.79 Å². The zero-order chi connectivity index (χ0) is 17.3. The summed E-state index contributed by atoms with van der Waals surface area (Å²) in [6.45, 7) is 2.16. The molecule has 0 bridgehead atoms. The quantitative estimate of drug-likeness (QED) is 0.846. The average molecular weight is 341 g/mol. The number of nitrogens with one attached hydrogen (secondary N) is 2. The van der Waals surface area contributed by atoms with Crippen molar-refractivity contribution >= 4 is 11.7 Å². The summed E-state index contributed by atoms with van der Waals surface area (Å²) in [5, 5.41) is 5.62. The van der Waals surface area contributed by atoms with E-state index in [1.807, 2.05) is 48.7 Å². The van der Waals surface area contributed by atoms with Gasteiger partial charge in [-0.05, 0) is 42.7 Å². The van der Waals surface area contributed by atoms with E-state index >= 15 is 0 Å². The third-order valence-electron chi connectivity index (χ3n) is 3.98. The zero-order valence-electron chi connectivity index (χ0n) is 14.1. The summed E-state index contributed by atoms with van der Waals surface area (Å²) in [6.07, 6.45) is 3.55. The lowest BCUT2D eigenvalue weighted by atomic mass is 10.1. The first-order chi connectivity index (χ1) is 12.3. The minimum absolute atomic E-state index is 0.0755. The molecule has 1 fully saturated rings. The highest BCUT2D eigenvalue weighted by atomic mass is 16.6. The van der Waals surface area contributed by atoms with Gasteiger partial charge in [0.25, 0.3) is 0 Å². The Morgan fingerprint density at radius 1 is 1.12 bits per heavy atom. The Kier molecular flexibility index (Phi) is 6.36. The molecule has 3 rings (SSSR count). The second-order valence-electron chi connectivity index (χ2n) is 5.92. The molecule has 2 N–H and O–H groups in total. The molecule has 1 atom stereocenters. The van der Waals surface area contributed by atoms with Gasteiger partial charge in [0, 0.05) is 24.1 Å². The highest BCUT2D eigenvalue weighted by molar-refractivity contribution is 5.89. The highest BCUT2D eigenvalue weighted by Crippen LogP contribution is 2.11. The van der Waals surface area contributed by atoms with Crippen molar-refractivity contribution in [2.24, 2.45) is 0 Å². The van der Waals surface area contributed by atoms with Gasteiger partial charge in [0.15, 0.2) is 0 Å². The normalized spacial score (nSPS) is 17.0. The number of anilines is 1. The first-order valence-corrected chi connectivity index (χ1v) is 8.52. The van der Waals surface area contributed by atoms with Crippen molar-refractivity contribution in [2.75, 3.05) is 31.7 Å². The largest absolute Gasteiger partial charge is 0.376 e. The maximum absolute atomic E-state index is 11.9. The van der Waals surface area contributed by atoms with Gasteiger partial charge < -0.3 is 20.1 Å². The van der Waals surface area contributed by atoms with Crippen molar-refractivity contribution < 1.29 is 14.3 Å². The number of amides is 2. The minimum atomic E-state index is -0.240. The molecule has 1 aromatic carbocycles. The number of ether oxygens (including phenoxy) is 2. The standard InChI is InChI=1S/C19H23N3O3/c23-19(21-13-18-14-24-11-12-25-18)22-17-8-5-15(6-9-17)4-7-16-3-1-2-10-20-16/h1-3,5-6,8-10,18H,4,7,11-14H2,(H2,21,22,23). The molecule has 1 aliphatic rings. The summed E-state index contributed by atoms with van der Waals surface area (Å²) in [5.74, 6) is 0. The van der Waals surface area contributed by atoms with Crippen LogP contribution < -0.4 is 10.6 Å². The molecule has 25 heavy (non-hydrogen) atoms. The van der Waals surface area contributed by atoms with Crippen molar-refractivity contribution in [1.29, 1.82) is 0 Å². The molecule has 0 aliphatic carbocycles. The molecule has 1 unspecified atom stereocenters. The van der Waals surface area contributed by atoms with Crippen LogP contribution >= 0.6 is 0 Å². The zero-order valence-corrected chi connectivity index (χ0v) is 14.1. The van der Waals surface area contributed by atoms with Crippen LogP contribution in [-0.2, 0) is 22.3 Å². The molecule has 6 nitrogen and oxygen atoms in total. The maximum atomic E-state index is 11.9. The molecular weight excluding hydrogens is 318 g/mol. The summed E-state index contributed by atoms with van der Waals surface area (Å²) in [6, 6.07) is 13.6. The molecule has 132 valence electrons. The maximum Gasteiger partial charge on any atom is 0.319 e. The molecule has 0 saturated carbocycles. The smallest absolute Gasteiger partial charge is 0.319 e. The van der Waals surface area contributed by atoms with Gasteiger partial charge >= 0.3 is 6.03 Å². The number of nitrogens with zero attached hydrogens (tertiary/aromatic N) is 1. The number of hydrogen-bond donors (Lipinski definition) is 2. The molecule has 2 amide bonds. The van der Waals surface area contributed by atoms with Crippen LogP contribution in [0.2, 0.25) is 0 Å². The van der Waals surface area contributed by atoms with Gasteiger partial charge in [-0.3, -0.25) is 4.98 Å². The van der Waals surface area contributed by atoms with Gasteiger partial charge in [-0.1, -0.05) is 18.2 Å². The van der Waals surface area contributed by atoms with Gasteiger partial charge in [0.2, 0.25) is 0 Å². The Hall–Kier alpha value is -2.44. The van der Waals surface area contributed by atoms with Gasteiger partial charge in [-0.2, -0.15) is 0 Å². The number of aromatic nitrogens is 1. The van der Waals surface area contributed by atoms with Crippen LogP contribution in [0.4, 0.5) is 10.5 Å². The number of pyridine rings is 1. The summed E-state index contributed by atoms with van der Waals surface area (Å²) >= 11 is 0. The second kappa shape index (κ2) is 9.15. The fraction of sp³-hybridized carbons (Fsp3) is 0.368. The molecule has 1 aliphatic heterocycles. The molecule has 0 radical (unpaired) electrons. The Morgan fingerprint density at radius 2 is 2.00 bits per heavy atom. The van der Waals surface area contributed by atoms with Gasteiger partial charge in [0.1, 0.15) is 0 Å². The predicted octanol–water partition coefficient (Wildman–Crippen LogP) is 2.40. The number of aryl methyl sites for hydroxylation is 2. The van der Waals surface area contributed by atoms with Crippen molar-refractivity contribution in [3.63, 3.8) is 0 Å². The molecule has 6 heteroatoms. The van der Waals surface area contributed by atoms with Crippen LogP contribution in [0.3, 0.4) is 0 Å². The minimum Gasteiger partial charge on any atom is -0.376 e. The first-order valence-electron chi connectivity index (χ1n) is 8.52. The Balaban J connectivity index is 1.41. The van der Waals surface area contributed by atoms with Crippen molar-refractivity contribution in [3.8, 4) is 0 Å². The second-order valence-corrected chi connectivity index (χ2v) is 5.92. The summed E-state index contributed by atoms with van der Waals surface area (Å²) in [7, 11) is 0. The lowest BCUT2D eigenvalue weighted by Crippen LogP contribution is -2.41. The van der Waals surface area contributed by atoms with Crippen molar-refractivity contribution in [2.45, 2.75) is 18.9 Å². The van der Waals surface area contributed by atoms with E-state index in [4.69, 9.17) is 9.47 Å². The van der Waals surface area contributed by atoms with Crippen LogP contribution in [0.25, 0.3) is 0 Å². The number of carbonyl (C=O) groups excluding carboxylic acids is 1. The summed E-state index contributed by atoms with van der Waals surface area (Å²) < 4.78 is 10.8.